The maximum atomic E-state index is 13.1. The number of piperidine rings is 1. The number of rotatable bonds is 1. The molecule has 1 amide bonds. The maximum absolute atomic E-state index is 13.1. The molecule has 142 valence electrons. The van der Waals surface area contributed by atoms with Crippen LogP contribution in [0.3, 0.4) is 0 Å². The lowest BCUT2D eigenvalue weighted by atomic mass is 10.00. The Morgan fingerprint density at radius 3 is 2.57 bits per heavy atom. The molecular weight excluding hydrogens is 376 g/mol. The second-order valence-electron chi connectivity index (χ2n) is 7.03. The van der Waals surface area contributed by atoms with Crippen molar-refractivity contribution in [3.63, 3.8) is 0 Å². The number of nitrogens with two attached hydrogens (primary N) is 1. The number of carbonyl (C=O) groups is 2. The van der Waals surface area contributed by atoms with Crippen molar-refractivity contribution in [1.82, 2.24) is 4.90 Å². The molecule has 2 aliphatic rings. The van der Waals surface area contributed by atoms with Crippen LogP contribution in [0.5, 0.6) is 5.75 Å². The van der Waals surface area contributed by atoms with E-state index in [0.717, 1.165) is 10.1 Å². The number of carbonyl (C=O) groups excluding carboxylic acids is 2. The van der Waals surface area contributed by atoms with Gasteiger partial charge in [-0.1, -0.05) is 30.3 Å². The van der Waals surface area contributed by atoms with Crippen molar-refractivity contribution in [1.29, 1.82) is 0 Å². The third-order valence-corrected chi connectivity index (χ3v) is 6.33. The van der Waals surface area contributed by atoms with Gasteiger partial charge in [-0.2, -0.15) is 0 Å². The van der Waals surface area contributed by atoms with E-state index in [9.17, 15) is 9.59 Å². The van der Waals surface area contributed by atoms with Crippen LogP contribution in [-0.2, 0) is 4.74 Å². The van der Waals surface area contributed by atoms with Crippen molar-refractivity contribution in [2.75, 3.05) is 18.8 Å². The molecule has 0 atom stereocenters. The minimum Gasteiger partial charge on any atom is -0.451 e. The minimum absolute atomic E-state index is 0.0904. The van der Waals surface area contributed by atoms with Crippen LogP contribution < -0.4 is 10.5 Å². The van der Waals surface area contributed by atoms with Crippen molar-refractivity contribution in [3.05, 3.63) is 59.7 Å². The number of hydrogen-bond donors (Lipinski definition) is 1. The number of likely N-dealkylation sites (tertiary alicyclic amines) is 1. The molecule has 1 aromatic heterocycles. The summed E-state index contributed by atoms with van der Waals surface area (Å²) in [6.07, 6.45) is 0.835. The Morgan fingerprint density at radius 2 is 1.75 bits per heavy atom. The SMILES string of the molecule is Nc1sc2ccccc2c1C(=O)N1CCC2(CC1)OC(=O)c1ccccc1O2. The number of nitrogen functional groups attached to an aromatic ring is 1. The lowest BCUT2D eigenvalue weighted by Gasteiger charge is -2.43. The number of fused-ring (bicyclic) bond motifs is 2. The first-order valence-electron chi connectivity index (χ1n) is 9.14. The van der Waals surface area contributed by atoms with Gasteiger partial charge in [0.15, 0.2) is 0 Å². The van der Waals surface area contributed by atoms with Crippen molar-refractivity contribution in [2.45, 2.75) is 18.6 Å². The number of esters is 1. The van der Waals surface area contributed by atoms with Gasteiger partial charge >= 0.3 is 5.97 Å². The molecule has 1 saturated heterocycles. The van der Waals surface area contributed by atoms with Crippen molar-refractivity contribution >= 4 is 38.3 Å². The number of amides is 1. The average Bonchev–Trinajstić information content (AvgIpc) is 3.04. The highest BCUT2D eigenvalue weighted by Gasteiger charge is 2.45. The molecule has 0 unspecified atom stereocenters. The Balaban J connectivity index is 1.37. The number of anilines is 1. The van der Waals surface area contributed by atoms with Crippen molar-refractivity contribution in [3.8, 4) is 5.75 Å². The zero-order chi connectivity index (χ0) is 19.3. The lowest BCUT2D eigenvalue weighted by Crippen LogP contribution is -2.53. The van der Waals surface area contributed by atoms with E-state index in [4.69, 9.17) is 15.2 Å². The van der Waals surface area contributed by atoms with Crippen LogP contribution in [0.4, 0.5) is 5.00 Å². The first-order valence-corrected chi connectivity index (χ1v) is 9.96. The average molecular weight is 394 g/mol. The Morgan fingerprint density at radius 1 is 1.04 bits per heavy atom. The monoisotopic (exact) mass is 394 g/mol. The third-order valence-electron chi connectivity index (χ3n) is 5.33. The molecule has 6 nitrogen and oxygen atoms in total. The second kappa shape index (κ2) is 6.24. The molecule has 3 heterocycles. The van der Waals surface area contributed by atoms with Gasteiger partial charge in [0.2, 0.25) is 0 Å². The Labute approximate surface area is 165 Å². The van der Waals surface area contributed by atoms with Crippen LogP contribution in [0.2, 0.25) is 0 Å². The van der Waals surface area contributed by atoms with Crippen LogP contribution >= 0.6 is 11.3 Å². The highest BCUT2D eigenvalue weighted by atomic mass is 32.1. The Kier molecular flexibility index (Phi) is 3.80. The number of hydrogen-bond acceptors (Lipinski definition) is 6. The Bertz CT molecular complexity index is 1100. The molecule has 0 saturated carbocycles. The van der Waals surface area contributed by atoms with Crippen LogP contribution in [-0.4, -0.2) is 35.7 Å². The molecule has 1 fully saturated rings. The van der Waals surface area contributed by atoms with Crippen molar-refractivity contribution in [2.24, 2.45) is 0 Å². The van der Waals surface area contributed by atoms with E-state index in [2.05, 4.69) is 0 Å². The lowest BCUT2D eigenvalue weighted by molar-refractivity contribution is -0.177. The quantitative estimate of drug-likeness (QED) is 0.637. The molecule has 2 aromatic carbocycles. The highest BCUT2D eigenvalue weighted by Crippen LogP contribution is 2.39. The third kappa shape index (κ3) is 2.62. The summed E-state index contributed by atoms with van der Waals surface area (Å²) >= 11 is 1.42. The fraction of sp³-hybridized carbons (Fsp3) is 0.238. The fourth-order valence-electron chi connectivity index (χ4n) is 3.87. The summed E-state index contributed by atoms with van der Waals surface area (Å²) < 4.78 is 12.7. The van der Waals surface area contributed by atoms with Gasteiger partial charge in [0.1, 0.15) is 11.3 Å². The molecule has 28 heavy (non-hydrogen) atoms. The summed E-state index contributed by atoms with van der Waals surface area (Å²) in [5, 5.41) is 1.41. The van der Waals surface area contributed by atoms with E-state index in [-0.39, 0.29) is 11.9 Å². The number of para-hydroxylation sites is 1. The Hall–Kier alpha value is -3.06. The standard InChI is InChI=1S/C21H18N2O4S/c22-18-17(14-6-2-4-8-16(14)28-18)19(24)23-11-9-21(10-12-23)26-15-7-3-1-5-13(15)20(25)27-21/h1-8H,9-12,22H2. The molecule has 2 N–H and O–H groups in total. The highest BCUT2D eigenvalue weighted by molar-refractivity contribution is 7.23. The topological polar surface area (TPSA) is 81.9 Å². The molecule has 0 aliphatic carbocycles. The van der Waals surface area contributed by atoms with Gasteiger partial charge in [0.05, 0.1) is 10.6 Å². The van der Waals surface area contributed by atoms with Gasteiger partial charge < -0.3 is 20.1 Å². The largest absolute Gasteiger partial charge is 0.451 e. The zero-order valence-electron chi connectivity index (χ0n) is 15.0. The maximum Gasteiger partial charge on any atom is 0.345 e. The molecule has 0 radical (unpaired) electrons. The predicted octanol–water partition coefficient (Wildman–Crippen LogP) is 3.67. The number of benzene rings is 2. The summed E-state index contributed by atoms with van der Waals surface area (Å²) in [6, 6.07) is 14.8. The van der Waals surface area contributed by atoms with Gasteiger partial charge in [-0.05, 0) is 18.2 Å². The summed E-state index contributed by atoms with van der Waals surface area (Å²) in [4.78, 5) is 27.2. The first kappa shape index (κ1) is 17.1. The van der Waals surface area contributed by atoms with Gasteiger partial charge in [-0.3, -0.25) is 4.79 Å². The summed E-state index contributed by atoms with van der Waals surface area (Å²) in [5.74, 6) is -0.946. The van der Waals surface area contributed by atoms with E-state index < -0.39 is 5.79 Å². The van der Waals surface area contributed by atoms with Gasteiger partial charge in [0.25, 0.3) is 11.7 Å². The zero-order valence-corrected chi connectivity index (χ0v) is 15.8. The first-order chi connectivity index (χ1) is 13.6. The fourth-order valence-corrected chi connectivity index (χ4v) is 4.83. The summed E-state index contributed by atoms with van der Waals surface area (Å²) in [7, 11) is 0. The molecule has 0 bridgehead atoms. The van der Waals surface area contributed by atoms with E-state index in [1.54, 1.807) is 23.1 Å². The molecular formula is C21H18N2O4S. The van der Waals surface area contributed by atoms with Crippen LogP contribution in [0, 0.1) is 0 Å². The van der Waals surface area contributed by atoms with E-state index in [1.165, 1.54) is 11.3 Å². The van der Waals surface area contributed by atoms with E-state index in [0.29, 0.717) is 47.8 Å². The van der Waals surface area contributed by atoms with Crippen LogP contribution in [0.15, 0.2) is 48.5 Å². The molecule has 3 aromatic rings. The number of thiophene rings is 1. The summed E-state index contributed by atoms with van der Waals surface area (Å²) in [6.45, 7) is 0.857. The predicted molar refractivity (Wildman–Crippen MR) is 107 cm³/mol. The summed E-state index contributed by atoms with van der Waals surface area (Å²) in [5.41, 5.74) is 7.14. The van der Waals surface area contributed by atoms with Crippen LogP contribution in [0.1, 0.15) is 33.6 Å². The normalized spacial score (nSPS) is 17.9. The van der Waals surface area contributed by atoms with Gasteiger partial charge in [0, 0.05) is 36.0 Å². The minimum atomic E-state index is -1.01. The van der Waals surface area contributed by atoms with Crippen LogP contribution in [0.25, 0.3) is 10.1 Å². The molecule has 2 aliphatic heterocycles. The molecule has 1 spiro atoms. The number of nitrogens with zero attached hydrogens (tertiary/aromatic N) is 1. The molecule has 7 heteroatoms. The van der Waals surface area contributed by atoms with Crippen molar-refractivity contribution < 1.29 is 19.1 Å². The number of ether oxygens (including phenoxy) is 2. The van der Waals surface area contributed by atoms with Gasteiger partial charge in [-0.25, -0.2) is 4.79 Å². The second-order valence-corrected chi connectivity index (χ2v) is 8.11. The van der Waals surface area contributed by atoms with Gasteiger partial charge in [-0.15, -0.1) is 11.3 Å². The van der Waals surface area contributed by atoms with E-state index in [1.807, 2.05) is 30.3 Å². The smallest absolute Gasteiger partial charge is 0.345 e. The molecule has 5 rings (SSSR count). The van der Waals surface area contributed by atoms with E-state index >= 15 is 0 Å².